The number of aromatic nitrogens is 1. The molecule has 2 aromatic heterocycles. The molecule has 0 aliphatic rings. The molecule has 0 spiro atoms. The predicted octanol–water partition coefficient (Wildman–Crippen LogP) is 8.78. The van der Waals surface area contributed by atoms with E-state index >= 15 is 0 Å². The van der Waals surface area contributed by atoms with E-state index in [1.807, 2.05) is 64.1 Å². The van der Waals surface area contributed by atoms with Gasteiger partial charge in [-0.2, -0.15) is 0 Å². The monoisotopic (exact) mass is 500 g/mol. The van der Waals surface area contributed by atoms with Gasteiger partial charge in [0, 0.05) is 33.1 Å². The number of hydrogen-bond donors (Lipinski definition) is 1. The number of ketones is 1. The van der Waals surface area contributed by atoms with Crippen LogP contribution in [-0.4, -0.2) is 17.3 Å². The van der Waals surface area contributed by atoms with Gasteiger partial charge >= 0.3 is 0 Å². The zero-order chi connectivity index (χ0) is 23.9. The fraction of sp³-hybridized carbons (Fsp3) is 0.231. The fourth-order valence-electron chi connectivity index (χ4n) is 3.61. The number of rotatable bonds is 5. The number of anilines is 1. The van der Waals surface area contributed by atoms with E-state index in [4.69, 9.17) is 44.2 Å². The van der Waals surface area contributed by atoms with Gasteiger partial charge in [-0.3, -0.25) is 4.79 Å². The van der Waals surface area contributed by atoms with Crippen LogP contribution in [0.1, 0.15) is 38.2 Å². The van der Waals surface area contributed by atoms with Gasteiger partial charge in [0.15, 0.2) is 5.76 Å². The summed E-state index contributed by atoms with van der Waals surface area (Å²) in [7, 11) is 0. The van der Waals surface area contributed by atoms with E-state index in [-0.39, 0.29) is 11.5 Å². The first kappa shape index (κ1) is 23.6. The third-order valence-electron chi connectivity index (χ3n) is 5.27. The molecule has 4 nitrogen and oxygen atoms in total. The highest BCUT2D eigenvalue weighted by molar-refractivity contribution is 6.36. The predicted molar refractivity (Wildman–Crippen MR) is 138 cm³/mol. The number of hydrogen-bond acceptors (Lipinski definition) is 4. The molecule has 1 N–H and O–H groups in total. The zero-order valence-corrected chi connectivity index (χ0v) is 21.0. The largest absolute Gasteiger partial charge is 0.432 e. The Morgan fingerprint density at radius 3 is 2.24 bits per heavy atom. The summed E-state index contributed by atoms with van der Waals surface area (Å²) >= 11 is 18.8. The molecule has 4 aromatic rings. The van der Waals surface area contributed by atoms with Crippen LogP contribution in [0, 0.1) is 5.41 Å². The highest BCUT2D eigenvalue weighted by Crippen LogP contribution is 2.42. The van der Waals surface area contributed by atoms with Crippen LogP contribution >= 0.6 is 34.8 Å². The van der Waals surface area contributed by atoms with E-state index in [1.54, 1.807) is 12.1 Å². The SMILES string of the molecule is CCNc1c(C(=O)C(C)(C)C)oc2nc(-c3ccc(Cl)cc3Cl)c(-c3ccc(Cl)cc3)cc12. The molecule has 0 amide bonds. The summed E-state index contributed by atoms with van der Waals surface area (Å²) in [5, 5.41) is 5.65. The lowest BCUT2D eigenvalue weighted by molar-refractivity contribution is 0.0831. The lowest BCUT2D eigenvalue weighted by Crippen LogP contribution is -2.20. The summed E-state index contributed by atoms with van der Waals surface area (Å²) in [6, 6.07) is 14.7. The molecule has 2 heterocycles. The average Bonchev–Trinajstić information content (AvgIpc) is 3.10. The molecule has 0 unspecified atom stereocenters. The summed E-state index contributed by atoms with van der Waals surface area (Å²) in [6.45, 7) is 8.19. The molecule has 0 aliphatic heterocycles. The Bertz CT molecular complexity index is 1350. The molecule has 0 bridgehead atoms. The number of carbonyl (C=O) groups excluding carboxylic acids is 1. The molecule has 0 atom stereocenters. The number of nitrogens with zero attached hydrogens (tertiary/aromatic N) is 1. The molecule has 0 fully saturated rings. The summed E-state index contributed by atoms with van der Waals surface area (Å²) in [5.41, 5.74) is 3.46. The van der Waals surface area contributed by atoms with Crippen molar-refractivity contribution in [3.8, 4) is 22.4 Å². The zero-order valence-electron chi connectivity index (χ0n) is 18.7. The second kappa shape index (κ2) is 9.02. The lowest BCUT2D eigenvalue weighted by Gasteiger charge is -2.15. The Morgan fingerprint density at radius 2 is 1.64 bits per heavy atom. The second-order valence-corrected chi connectivity index (χ2v) is 10.1. The van der Waals surface area contributed by atoms with Crippen molar-refractivity contribution >= 4 is 57.4 Å². The molecule has 170 valence electrons. The first-order valence-corrected chi connectivity index (χ1v) is 11.7. The van der Waals surface area contributed by atoms with Gasteiger partial charge in [-0.1, -0.05) is 67.7 Å². The average molecular weight is 502 g/mol. The van der Waals surface area contributed by atoms with Crippen LogP contribution in [0.25, 0.3) is 33.5 Å². The van der Waals surface area contributed by atoms with E-state index in [0.29, 0.717) is 44.3 Å². The Kier molecular flexibility index (Phi) is 6.45. The van der Waals surface area contributed by atoms with Crippen LogP contribution in [0.4, 0.5) is 5.69 Å². The maximum atomic E-state index is 13.2. The Labute approximate surface area is 207 Å². The quantitative estimate of drug-likeness (QED) is 0.278. The minimum absolute atomic E-state index is 0.101. The second-order valence-electron chi connectivity index (χ2n) is 8.78. The number of furan rings is 1. The molecular weight excluding hydrogens is 479 g/mol. The Morgan fingerprint density at radius 1 is 0.970 bits per heavy atom. The van der Waals surface area contributed by atoms with Crippen LogP contribution < -0.4 is 5.32 Å². The number of fused-ring (bicyclic) bond motifs is 1. The number of carbonyl (C=O) groups is 1. The fourth-order valence-corrected chi connectivity index (χ4v) is 4.24. The van der Waals surface area contributed by atoms with Crippen molar-refractivity contribution < 1.29 is 9.21 Å². The van der Waals surface area contributed by atoms with Crippen molar-refractivity contribution in [1.82, 2.24) is 4.98 Å². The smallest absolute Gasteiger partial charge is 0.229 e. The lowest BCUT2D eigenvalue weighted by atomic mass is 9.89. The molecule has 33 heavy (non-hydrogen) atoms. The van der Waals surface area contributed by atoms with E-state index < -0.39 is 5.41 Å². The normalized spacial score (nSPS) is 11.7. The minimum atomic E-state index is -0.612. The molecule has 4 rings (SSSR count). The van der Waals surface area contributed by atoms with E-state index in [9.17, 15) is 4.79 Å². The van der Waals surface area contributed by atoms with Crippen molar-refractivity contribution in [2.75, 3.05) is 11.9 Å². The Hall–Kier alpha value is -2.53. The van der Waals surface area contributed by atoms with Gasteiger partial charge in [-0.15, -0.1) is 0 Å². The molecule has 0 radical (unpaired) electrons. The Balaban J connectivity index is 2.06. The molecule has 2 aromatic carbocycles. The highest BCUT2D eigenvalue weighted by atomic mass is 35.5. The molecule has 0 saturated carbocycles. The topological polar surface area (TPSA) is 55.1 Å². The number of benzene rings is 2. The van der Waals surface area contributed by atoms with Gasteiger partial charge in [-0.25, -0.2) is 4.98 Å². The van der Waals surface area contributed by atoms with E-state index in [1.165, 1.54) is 0 Å². The molecular formula is C26H23Cl3N2O2. The van der Waals surface area contributed by atoms with Gasteiger partial charge in [0.25, 0.3) is 0 Å². The first-order valence-electron chi connectivity index (χ1n) is 10.6. The summed E-state index contributed by atoms with van der Waals surface area (Å²) < 4.78 is 6.06. The number of Topliss-reactive ketones (excluding diaryl/α,β-unsaturated/α-hetero) is 1. The van der Waals surface area contributed by atoms with Crippen molar-refractivity contribution in [2.45, 2.75) is 27.7 Å². The number of pyridine rings is 1. The van der Waals surface area contributed by atoms with E-state index in [2.05, 4.69) is 5.32 Å². The van der Waals surface area contributed by atoms with Gasteiger partial charge < -0.3 is 9.73 Å². The van der Waals surface area contributed by atoms with E-state index in [0.717, 1.165) is 16.5 Å². The molecule has 0 aliphatic carbocycles. The van der Waals surface area contributed by atoms with Crippen molar-refractivity contribution in [2.24, 2.45) is 5.41 Å². The number of nitrogens with one attached hydrogen (secondary N) is 1. The highest BCUT2D eigenvalue weighted by Gasteiger charge is 2.31. The maximum absolute atomic E-state index is 13.2. The van der Waals surface area contributed by atoms with Crippen LogP contribution in [0.5, 0.6) is 0 Å². The minimum Gasteiger partial charge on any atom is -0.432 e. The van der Waals surface area contributed by atoms with Crippen LogP contribution in [0.2, 0.25) is 15.1 Å². The van der Waals surface area contributed by atoms with Gasteiger partial charge in [0.1, 0.15) is 0 Å². The van der Waals surface area contributed by atoms with Gasteiger partial charge in [-0.05, 0) is 48.9 Å². The van der Waals surface area contributed by atoms with Gasteiger partial charge in [0.05, 0.1) is 21.8 Å². The molecule has 7 heteroatoms. The summed E-state index contributed by atoms with van der Waals surface area (Å²) in [5.74, 6) is 0.170. The third-order valence-corrected chi connectivity index (χ3v) is 6.06. The maximum Gasteiger partial charge on any atom is 0.229 e. The first-order chi connectivity index (χ1) is 15.6. The summed E-state index contributed by atoms with van der Waals surface area (Å²) in [6.07, 6.45) is 0. The van der Waals surface area contributed by atoms with Crippen molar-refractivity contribution in [1.29, 1.82) is 0 Å². The van der Waals surface area contributed by atoms with Crippen molar-refractivity contribution in [3.05, 3.63) is 69.4 Å². The summed E-state index contributed by atoms with van der Waals surface area (Å²) in [4.78, 5) is 18.0. The van der Waals surface area contributed by atoms with Gasteiger partial charge in [0.2, 0.25) is 11.5 Å². The van der Waals surface area contributed by atoms with Crippen molar-refractivity contribution in [3.63, 3.8) is 0 Å². The van der Waals surface area contributed by atoms with Crippen LogP contribution in [-0.2, 0) is 0 Å². The van der Waals surface area contributed by atoms with Crippen LogP contribution in [0.3, 0.4) is 0 Å². The standard InChI is InChI=1S/C26H23Cl3N2O2/c1-5-30-22-19-13-18(14-6-8-15(27)9-7-14)21(17-11-10-16(28)12-20(17)29)31-25(19)33-23(22)24(32)26(2,3)4/h6-13,30H,5H2,1-4H3. The molecule has 0 saturated heterocycles. The third kappa shape index (κ3) is 4.61. The number of halogens is 3. The van der Waals surface area contributed by atoms with Crippen LogP contribution in [0.15, 0.2) is 52.9 Å².